The molecule has 0 saturated carbocycles. The summed E-state index contributed by atoms with van der Waals surface area (Å²) in [5, 5.41) is 5.81. The van der Waals surface area contributed by atoms with E-state index in [0.29, 0.717) is 13.0 Å². The van der Waals surface area contributed by atoms with Crippen molar-refractivity contribution >= 4 is 23.3 Å². The molecule has 0 aromatic heterocycles. The SMILES string of the molecule is CCc1ccc(NC(=O)[C@H]2CCCN2C(=O)Nc2ccc(C)cc2)cc1. The fourth-order valence-corrected chi connectivity index (χ4v) is 3.16. The Balaban J connectivity index is 1.63. The number of carbonyl (C=O) groups excluding carboxylic acids is 2. The third-order valence-electron chi connectivity index (χ3n) is 4.75. The Kier molecular flexibility index (Phi) is 5.56. The lowest BCUT2D eigenvalue weighted by Gasteiger charge is -2.24. The van der Waals surface area contributed by atoms with Crippen LogP contribution in [0, 0.1) is 6.92 Å². The highest BCUT2D eigenvalue weighted by molar-refractivity contribution is 5.99. The summed E-state index contributed by atoms with van der Waals surface area (Å²) in [4.78, 5) is 26.9. The van der Waals surface area contributed by atoms with Crippen LogP contribution in [0.2, 0.25) is 0 Å². The number of nitrogens with one attached hydrogen (secondary N) is 2. The van der Waals surface area contributed by atoms with Crippen molar-refractivity contribution in [1.82, 2.24) is 4.90 Å². The predicted octanol–water partition coefficient (Wildman–Crippen LogP) is 4.19. The highest BCUT2D eigenvalue weighted by Crippen LogP contribution is 2.21. The fourth-order valence-electron chi connectivity index (χ4n) is 3.16. The molecule has 0 spiro atoms. The zero-order chi connectivity index (χ0) is 18.5. The summed E-state index contributed by atoms with van der Waals surface area (Å²) in [7, 11) is 0. The molecule has 0 bridgehead atoms. The molecular weight excluding hydrogens is 326 g/mol. The van der Waals surface area contributed by atoms with Crippen molar-refractivity contribution in [3.8, 4) is 0 Å². The van der Waals surface area contributed by atoms with Gasteiger partial charge in [-0.15, -0.1) is 0 Å². The van der Waals surface area contributed by atoms with Gasteiger partial charge in [0.2, 0.25) is 5.91 Å². The van der Waals surface area contributed by atoms with E-state index in [4.69, 9.17) is 0 Å². The van der Waals surface area contributed by atoms with Crippen LogP contribution in [0.3, 0.4) is 0 Å². The molecule has 1 fully saturated rings. The number of nitrogens with zero attached hydrogens (tertiary/aromatic N) is 1. The lowest BCUT2D eigenvalue weighted by Crippen LogP contribution is -2.45. The molecule has 5 heteroatoms. The second-order valence-electron chi connectivity index (χ2n) is 6.69. The molecule has 136 valence electrons. The molecule has 5 nitrogen and oxygen atoms in total. The largest absolute Gasteiger partial charge is 0.324 e. The maximum atomic E-state index is 12.6. The van der Waals surface area contributed by atoms with Crippen molar-refractivity contribution in [2.45, 2.75) is 39.2 Å². The Bertz CT molecular complexity index is 769. The quantitative estimate of drug-likeness (QED) is 0.867. The van der Waals surface area contributed by atoms with E-state index in [-0.39, 0.29) is 11.9 Å². The van der Waals surface area contributed by atoms with E-state index in [1.807, 2.05) is 55.5 Å². The number of benzene rings is 2. The molecule has 0 aliphatic carbocycles. The molecule has 3 amide bonds. The van der Waals surface area contributed by atoms with Gasteiger partial charge in [0.05, 0.1) is 0 Å². The van der Waals surface area contributed by atoms with Crippen molar-refractivity contribution in [2.24, 2.45) is 0 Å². The number of carbonyl (C=O) groups is 2. The number of hydrogen-bond donors (Lipinski definition) is 2. The van der Waals surface area contributed by atoms with Crippen LogP contribution in [0.4, 0.5) is 16.2 Å². The highest BCUT2D eigenvalue weighted by Gasteiger charge is 2.34. The molecule has 2 aromatic rings. The van der Waals surface area contributed by atoms with E-state index < -0.39 is 6.04 Å². The van der Waals surface area contributed by atoms with E-state index >= 15 is 0 Å². The second kappa shape index (κ2) is 8.04. The van der Waals surface area contributed by atoms with Crippen LogP contribution in [-0.2, 0) is 11.2 Å². The Hall–Kier alpha value is -2.82. The summed E-state index contributed by atoms with van der Waals surface area (Å²) in [5.74, 6) is -0.134. The normalized spacial score (nSPS) is 16.4. The second-order valence-corrected chi connectivity index (χ2v) is 6.69. The van der Waals surface area contributed by atoms with Crippen molar-refractivity contribution in [3.05, 3.63) is 59.7 Å². The van der Waals surface area contributed by atoms with Gasteiger partial charge < -0.3 is 15.5 Å². The summed E-state index contributed by atoms with van der Waals surface area (Å²) in [5.41, 5.74) is 3.86. The zero-order valence-electron chi connectivity index (χ0n) is 15.3. The molecule has 1 aliphatic rings. The van der Waals surface area contributed by atoms with Crippen LogP contribution in [0.25, 0.3) is 0 Å². The summed E-state index contributed by atoms with van der Waals surface area (Å²) in [6, 6.07) is 14.8. The number of aryl methyl sites for hydroxylation is 2. The minimum Gasteiger partial charge on any atom is -0.324 e. The predicted molar refractivity (Wildman–Crippen MR) is 104 cm³/mol. The van der Waals surface area contributed by atoms with Crippen molar-refractivity contribution < 1.29 is 9.59 Å². The number of hydrogen-bond acceptors (Lipinski definition) is 2. The fraction of sp³-hybridized carbons (Fsp3) is 0.333. The summed E-state index contributed by atoms with van der Waals surface area (Å²) >= 11 is 0. The minimum absolute atomic E-state index is 0.134. The molecule has 26 heavy (non-hydrogen) atoms. The van der Waals surface area contributed by atoms with E-state index in [2.05, 4.69) is 17.6 Å². The van der Waals surface area contributed by atoms with Crippen LogP contribution < -0.4 is 10.6 Å². The average Bonchev–Trinajstić information content (AvgIpc) is 3.14. The number of likely N-dealkylation sites (tertiary alicyclic amines) is 1. The Morgan fingerprint density at radius 3 is 2.27 bits per heavy atom. The third kappa shape index (κ3) is 4.23. The Morgan fingerprint density at radius 2 is 1.62 bits per heavy atom. The number of urea groups is 1. The lowest BCUT2D eigenvalue weighted by molar-refractivity contribution is -0.119. The molecule has 0 unspecified atom stereocenters. The average molecular weight is 351 g/mol. The van der Waals surface area contributed by atoms with E-state index in [9.17, 15) is 9.59 Å². The first-order chi connectivity index (χ1) is 12.6. The number of rotatable bonds is 4. The molecule has 1 aliphatic heterocycles. The van der Waals surface area contributed by atoms with E-state index in [1.165, 1.54) is 5.56 Å². The molecule has 2 aromatic carbocycles. The van der Waals surface area contributed by atoms with Gasteiger partial charge in [0.1, 0.15) is 6.04 Å². The van der Waals surface area contributed by atoms with Gasteiger partial charge >= 0.3 is 6.03 Å². The molecule has 1 heterocycles. The van der Waals surface area contributed by atoms with Gasteiger partial charge in [-0.05, 0) is 56.0 Å². The highest BCUT2D eigenvalue weighted by atomic mass is 16.2. The lowest BCUT2D eigenvalue weighted by atomic mass is 10.1. The Morgan fingerprint density at radius 1 is 1.00 bits per heavy atom. The van der Waals surface area contributed by atoms with Gasteiger partial charge in [0.25, 0.3) is 0 Å². The first-order valence-electron chi connectivity index (χ1n) is 9.11. The van der Waals surface area contributed by atoms with Crippen LogP contribution in [0.5, 0.6) is 0 Å². The maximum Gasteiger partial charge on any atom is 0.322 e. The van der Waals surface area contributed by atoms with Crippen LogP contribution in [-0.4, -0.2) is 29.4 Å². The molecule has 1 atom stereocenters. The monoisotopic (exact) mass is 351 g/mol. The van der Waals surface area contributed by atoms with Crippen molar-refractivity contribution in [2.75, 3.05) is 17.2 Å². The molecule has 1 saturated heterocycles. The smallest absolute Gasteiger partial charge is 0.322 e. The third-order valence-corrected chi connectivity index (χ3v) is 4.75. The summed E-state index contributed by atoms with van der Waals surface area (Å²) in [6.07, 6.45) is 2.47. The summed E-state index contributed by atoms with van der Waals surface area (Å²) < 4.78 is 0. The molecule has 0 radical (unpaired) electrons. The first-order valence-corrected chi connectivity index (χ1v) is 9.11. The van der Waals surface area contributed by atoms with Gasteiger partial charge in [0, 0.05) is 17.9 Å². The van der Waals surface area contributed by atoms with Crippen molar-refractivity contribution in [3.63, 3.8) is 0 Å². The van der Waals surface area contributed by atoms with Gasteiger partial charge in [0.15, 0.2) is 0 Å². The van der Waals surface area contributed by atoms with Crippen LogP contribution >= 0.6 is 0 Å². The van der Waals surface area contributed by atoms with Crippen LogP contribution in [0.1, 0.15) is 30.9 Å². The van der Waals surface area contributed by atoms with Gasteiger partial charge in [-0.2, -0.15) is 0 Å². The van der Waals surface area contributed by atoms with Gasteiger partial charge in [-0.1, -0.05) is 36.8 Å². The van der Waals surface area contributed by atoms with Crippen LogP contribution in [0.15, 0.2) is 48.5 Å². The minimum atomic E-state index is -0.439. The van der Waals surface area contributed by atoms with E-state index in [0.717, 1.165) is 29.8 Å². The summed E-state index contributed by atoms with van der Waals surface area (Å²) in [6.45, 7) is 4.68. The maximum absolute atomic E-state index is 12.6. The molecular formula is C21H25N3O2. The standard InChI is InChI=1S/C21H25N3O2/c1-3-16-8-12-17(13-9-16)22-20(25)19-5-4-14-24(19)21(26)23-18-10-6-15(2)7-11-18/h6-13,19H,3-5,14H2,1-2H3,(H,22,25)(H,23,26)/t19-/m1/s1. The first kappa shape index (κ1) is 18.0. The van der Waals surface area contributed by atoms with Crippen molar-refractivity contribution in [1.29, 1.82) is 0 Å². The van der Waals surface area contributed by atoms with E-state index in [1.54, 1.807) is 4.90 Å². The molecule has 3 rings (SSSR count). The number of amides is 3. The Labute approximate surface area is 154 Å². The zero-order valence-corrected chi connectivity index (χ0v) is 15.3. The van der Waals surface area contributed by atoms with Gasteiger partial charge in [-0.3, -0.25) is 4.79 Å². The topological polar surface area (TPSA) is 61.4 Å². The number of anilines is 2. The molecule has 2 N–H and O–H groups in total. The van der Waals surface area contributed by atoms with Gasteiger partial charge in [-0.25, -0.2) is 4.79 Å².